The number of hydrogen-bond donors (Lipinski definition) is 0. The monoisotopic (exact) mass is 226 g/mol. The molecule has 0 N–H and O–H groups in total. The topological polar surface area (TPSA) is 26.3 Å². The van der Waals surface area contributed by atoms with E-state index < -0.39 is 0 Å². The summed E-state index contributed by atoms with van der Waals surface area (Å²) in [6.07, 6.45) is 12.3. The van der Waals surface area contributed by atoms with Gasteiger partial charge >= 0.3 is 5.97 Å². The van der Waals surface area contributed by atoms with Gasteiger partial charge < -0.3 is 4.74 Å². The summed E-state index contributed by atoms with van der Waals surface area (Å²) in [4.78, 5) is 10.4. The maximum atomic E-state index is 10.4. The molecular weight excluding hydrogens is 200 g/mol. The second kappa shape index (κ2) is 10.7. The van der Waals surface area contributed by atoms with Gasteiger partial charge in [-0.25, -0.2) is 0 Å². The largest absolute Gasteiger partial charge is 0.435 e. The van der Waals surface area contributed by atoms with Gasteiger partial charge in [0.2, 0.25) is 0 Å². The minimum absolute atomic E-state index is 0.245. The maximum Gasteiger partial charge on any atom is 0.307 e. The molecule has 0 saturated heterocycles. The molecule has 2 heteroatoms. The molecule has 0 fully saturated rings. The van der Waals surface area contributed by atoms with Crippen molar-refractivity contribution in [3.05, 3.63) is 12.3 Å². The van der Waals surface area contributed by atoms with Crippen LogP contribution in [-0.4, -0.2) is 5.97 Å². The summed E-state index contributed by atoms with van der Waals surface area (Å²) < 4.78 is 4.69. The molecule has 0 saturated carbocycles. The molecule has 0 aliphatic heterocycles. The number of carbonyl (C=O) groups excluding carboxylic acids is 1. The Labute approximate surface area is 100 Å². The molecule has 0 bridgehead atoms. The molecule has 16 heavy (non-hydrogen) atoms. The normalized spacial score (nSPS) is 11.2. The van der Waals surface area contributed by atoms with Crippen LogP contribution in [0.2, 0.25) is 0 Å². The van der Waals surface area contributed by atoms with Crippen molar-refractivity contribution in [2.75, 3.05) is 0 Å². The molecule has 0 aromatic rings. The molecule has 0 heterocycles. The fraction of sp³-hybridized carbons (Fsp3) is 0.786. The van der Waals surface area contributed by atoms with Gasteiger partial charge in [0.05, 0.1) is 6.26 Å². The van der Waals surface area contributed by atoms with Crippen LogP contribution in [-0.2, 0) is 9.53 Å². The van der Waals surface area contributed by atoms with Crippen LogP contribution >= 0.6 is 0 Å². The number of carbonyl (C=O) groups is 1. The van der Waals surface area contributed by atoms with Gasteiger partial charge in [-0.2, -0.15) is 0 Å². The van der Waals surface area contributed by atoms with E-state index in [1.54, 1.807) is 0 Å². The molecule has 0 atom stereocenters. The van der Waals surface area contributed by atoms with Crippen LogP contribution < -0.4 is 0 Å². The van der Waals surface area contributed by atoms with Gasteiger partial charge in [0, 0.05) is 6.92 Å². The van der Waals surface area contributed by atoms with Crippen molar-refractivity contribution in [1.82, 2.24) is 0 Å². The highest BCUT2D eigenvalue weighted by Gasteiger charge is 1.94. The Hall–Kier alpha value is -0.790. The summed E-state index contributed by atoms with van der Waals surface area (Å²) in [5, 5.41) is 0. The van der Waals surface area contributed by atoms with E-state index >= 15 is 0 Å². The molecule has 0 rings (SSSR count). The molecule has 2 nitrogen and oxygen atoms in total. The van der Waals surface area contributed by atoms with Crippen LogP contribution in [0.1, 0.15) is 65.7 Å². The Kier molecular flexibility index (Phi) is 10.2. The van der Waals surface area contributed by atoms with Gasteiger partial charge in [-0.1, -0.05) is 46.0 Å². The number of unbranched alkanes of at least 4 members (excludes halogenated alkanes) is 5. The van der Waals surface area contributed by atoms with Crippen molar-refractivity contribution >= 4 is 5.97 Å². The Bertz CT molecular complexity index is 195. The second-order valence-corrected chi connectivity index (χ2v) is 4.72. The average molecular weight is 226 g/mol. The lowest BCUT2D eigenvalue weighted by atomic mass is 10.0. The maximum absolute atomic E-state index is 10.4. The zero-order valence-corrected chi connectivity index (χ0v) is 11.0. The number of hydrogen-bond acceptors (Lipinski definition) is 2. The van der Waals surface area contributed by atoms with E-state index in [1.807, 2.05) is 6.08 Å². The number of rotatable bonds is 9. The van der Waals surface area contributed by atoms with Crippen LogP contribution in [0.4, 0.5) is 0 Å². The molecule has 0 spiro atoms. The lowest BCUT2D eigenvalue weighted by Gasteiger charge is -2.03. The minimum atomic E-state index is -0.245. The fourth-order valence-electron chi connectivity index (χ4n) is 1.56. The predicted molar refractivity (Wildman–Crippen MR) is 68.1 cm³/mol. The molecule has 0 unspecified atom stereocenters. The predicted octanol–water partition coefficient (Wildman–Crippen LogP) is 4.45. The first-order valence-corrected chi connectivity index (χ1v) is 6.45. The molecular formula is C14H26O2. The van der Waals surface area contributed by atoms with Crippen molar-refractivity contribution in [2.24, 2.45) is 5.92 Å². The van der Waals surface area contributed by atoms with Gasteiger partial charge in [0.25, 0.3) is 0 Å². The summed E-state index contributed by atoms with van der Waals surface area (Å²) >= 11 is 0. The Balaban J connectivity index is 3.09. The first kappa shape index (κ1) is 15.2. The standard InChI is InChI=1S/C14H26O2/c1-13(2)11-9-7-5-4-6-8-10-12-16-14(3)15/h10,12-13H,4-9,11H2,1-3H3/b12-10+. The Morgan fingerprint density at radius 2 is 1.75 bits per heavy atom. The van der Waals surface area contributed by atoms with Gasteiger partial charge in [-0.15, -0.1) is 0 Å². The lowest BCUT2D eigenvalue weighted by Crippen LogP contribution is -1.89. The summed E-state index contributed by atoms with van der Waals surface area (Å²) in [6, 6.07) is 0. The molecule has 0 amide bonds. The second-order valence-electron chi connectivity index (χ2n) is 4.72. The number of ether oxygens (including phenoxy) is 1. The minimum Gasteiger partial charge on any atom is -0.435 e. The highest BCUT2D eigenvalue weighted by molar-refractivity contribution is 5.66. The van der Waals surface area contributed by atoms with Gasteiger partial charge in [-0.05, 0) is 24.8 Å². The molecule has 0 aliphatic carbocycles. The molecule has 0 radical (unpaired) electrons. The van der Waals surface area contributed by atoms with E-state index in [2.05, 4.69) is 13.8 Å². The van der Waals surface area contributed by atoms with Gasteiger partial charge in [0.15, 0.2) is 0 Å². The van der Waals surface area contributed by atoms with Crippen LogP contribution in [0.5, 0.6) is 0 Å². The SMILES string of the molecule is CC(=O)O/C=C/CCCCCCCC(C)C. The van der Waals surface area contributed by atoms with Crippen molar-refractivity contribution in [3.63, 3.8) is 0 Å². The number of allylic oxidation sites excluding steroid dienone is 1. The van der Waals surface area contributed by atoms with Gasteiger partial charge in [-0.3, -0.25) is 4.79 Å². The Morgan fingerprint density at radius 1 is 1.12 bits per heavy atom. The quantitative estimate of drug-likeness (QED) is 0.330. The average Bonchev–Trinajstić information content (AvgIpc) is 2.20. The van der Waals surface area contributed by atoms with Crippen molar-refractivity contribution in [1.29, 1.82) is 0 Å². The fourth-order valence-corrected chi connectivity index (χ4v) is 1.56. The van der Waals surface area contributed by atoms with E-state index in [0.717, 1.165) is 12.3 Å². The van der Waals surface area contributed by atoms with Crippen molar-refractivity contribution < 1.29 is 9.53 Å². The lowest BCUT2D eigenvalue weighted by molar-refractivity contribution is -0.135. The van der Waals surface area contributed by atoms with E-state index in [9.17, 15) is 4.79 Å². The van der Waals surface area contributed by atoms with E-state index in [1.165, 1.54) is 51.7 Å². The zero-order valence-electron chi connectivity index (χ0n) is 11.0. The highest BCUT2D eigenvalue weighted by Crippen LogP contribution is 2.11. The zero-order chi connectivity index (χ0) is 12.2. The van der Waals surface area contributed by atoms with Crippen LogP contribution in [0.25, 0.3) is 0 Å². The summed E-state index contributed by atoms with van der Waals surface area (Å²) in [5.41, 5.74) is 0. The Morgan fingerprint density at radius 3 is 2.38 bits per heavy atom. The molecule has 0 aromatic heterocycles. The molecule has 0 aromatic carbocycles. The smallest absolute Gasteiger partial charge is 0.307 e. The highest BCUT2D eigenvalue weighted by atomic mass is 16.5. The van der Waals surface area contributed by atoms with Crippen LogP contribution in [0, 0.1) is 5.92 Å². The van der Waals surface area contributed by atoms with Gasteiger partial charge in [0.1, 0.15) is 0 Å². The third-order valence-electron chi connectivity index (χ3n) is 2.48. The summed E-state index contributed by atoms with van der Waals surface area (Å²) in [6.45, 7) is 5.97. The van der Waals surface area contributed by atoms with Crippen molar-refractivity contribution in [3.8, 4) is 0 Å². The third-order valence-corrected chi connectivity index (χ3v) is 2.48. The molecule has 94 valence electrons. The van der Waals surface area contributed by atoms with Crippen molar-refractivity contribution in [2.45, 2.75) is 65.7 Å². The first-order valence-electron chi connectivity index (χ1n) is 6.45. The molecule has 0 aliphatic rings. The van der Waals surface area contributed by atoms with E-state index in [-0.39, 0.29) is 5.97 Å². The van der Waals surface area contributed by atoms with Crippen LogP contribution in [0.15, 0.2) is 12.3 Å². The first-order chi connectivity index (χ1) is 7.63. The van der Waals surface area contributed by atoms with E-state index in [0.29, 0.717) is 0 Å². The van der Waals surface area contributed by atoms with E-state index in [4.69, 9.17) is 4.74 Å². The summed E-state index contributed by atoms with van der Waals surface area (Å²) in [7, 11) is 0. The van der Waals surface area contributed by atoms with Crippen LogP contribution in [0.3, 0.4) is 0 Å². The number of esters is 1. The third kappa shape index (κ3) is 13.2. The summed E-state index contributed by atoms with van der Waals surface area (Å²) in [5.74, 6) is 0.594.